The summed E-state index contributed by atoms with van der Waals surface area (Å²) in [5.74, 6) is -1.77. The zero-order valence-electron chi connectivity index (χ0n) is 40.2. The molecule has 6 aliphatic heterocycles. The van der Waals surface area contributed by atoms with E-state index in [1.54, 1.807) is 0 Å². The maximum Gasteiger partial charge on any atom is 0.335 e. The van der Waals surface area contributed by atoms with Crippen LogP contribution in [0.15, 0.2) is 0 Å². The lowest BCUT2D eigenvalue weighted by Crippen LogP contribution is -2.78. The Morgan fingerprint density at radius 3 is 1.70 bits per heavy atom. The standard InChI is InChI=1S/C43H75NO29/c1-13-18(46)22(50)29(57)40(66-13)70-32-16(11-45)69-41(30(58)26(32)54)73-35-20(48)15(3)67-42(72-33-19(47)14(2)65-39(31(33)59)63-10-8-6-4-5-7-9-44)43(35,62)36-27(55)23(51)21(49)17(68-36)12-64-38-28(56)24(52)25(53)34(71-38)37(60)61/h13-36,38-42,45-59,62H,4-12,44H2,1-3H3,(H,60,61)/t13?,14?,15?,16?,17?,18-,19-,20-,21+,22-,23-,24-,25-,26+,27?,28?,29?,30?,31?,32+,33-,34?,35-,36-,38-,39+,40+,41-,42-,43?/m0/s1. The SMILES string of the molecule is CC1O[C@H](O[C@@H]2C(CO)O[C@@H](O[C@H]3[C@@H](O)C(C)O[C@@H](O[C@@H]4C(O)[C@H](OCCCCCCCN)OC(C)[C@@H]4O)C3(O)[C@H]3OC(CO[C@H]4OC(C(=O)O)[C@@H](O)[C@H](O)C4O)[C@@H](O)[C@H](O)C3O)C(O)[C@H]2O)C(O)[C@@H](O)[C@H]1O. The molecule has 6 fully saturated rings. The number of aliphatic hydroxyl groups is 16. The van der Waals surface area contributed by atoms with Gasteiger partial charge in [-0.3, -0.25) is 0 Å². The average Bonchev–Trinajstić information content (AvgIpc) is 3.35. The molecule has 19 N–H and O–H groups in total. The summed E-state index contributed by atoms with van der Waals surface area (Å²) in [6.07, 6.45) is -53.1. The van der Waals surface area contributed by atoms with Gasteiger partial charge in [0, 0.05) is 6.61 Å². The molecule has 73 heavy (non-hydrogen) atoms. The molecule has 30 heteroatoms. The van der Waals surface area contributed by atoms with Crippen LogP contribution in [-0.2, 0) is 56.9 Å². The summed E-state index contributed by atoms with van der Waals surface area (Å²) in [5.41, 5.74) is 2.24. The zero-order chi connectivity index (χ0) is 54.0. The molecule has 12 unspecified atom stereocenters. The maximum absolute atomic E-state index is 13.2. The zero-order valence-corrected chi connectivity index (χ0v) is 40.2. The third-order valence-corrected chi connectivity index (χ3v) is 14.3. The summed E-state index contributed by atoms with van der Waals surface area (Å²) in [6, 6.07) is 0. The highest BCUT2D eigenvalue weighted by Crippen LogP contribution is 2.44. The minimum atomic E-state index is -3.33. The van der Waals surface area contributed by atoms with Crippen LogP contribution >= 0.6 is 0 Å². The van der Waals surface area contributed by atoms with Crippen LogP contribution in [0, 0.1) is 0 Å². The molecule has 30 atom stereocenters. The lowest BCUT2D eigenvalue weighted by Gasteiger charge is -2.57. The topological polar surface area (TPSA) is 489 Å². The third-order valence-electron chi connectivity index (χ3n) is 14.3. The number of aliphatic hydroxyl groups excluding tert-OH is 15. The van der Waals surface area contributed by atoms with E-state index in [1.165, 1.54) is 20.8 Å². The van der Waals surface area contributed by atoms with Crippen molar-refractivity contribution in [3.63, 3.8) is 0 Å². The molecule has 0 aromatic heterocycles. The van der Waals surface area contributed by atoms with Crippen LogP contribution in [0.3, 0.4) is 0 Å². The maximum atomic E-state index is 13.2. The number of unbranched alkanes of at least 4 members (excludes halogenated alkanes) is 4. The first kappa shape index (κ1) is 60.6. The van der Waals surface area contributed by atoms with Crippen LogP contribution in [0.1, 0.15) is 52.9 Å². The Bertz CT molecular complexity index is 1710. The number of carboxylic acids is 1. The molecule has 0 bridgehead atoms. The molecule has 6 saturated heterocycles. The first-order chi connectivity index (χ1) is 34.4. The van der Waals surface area contributed by atoms with Crippen molar-refractivity contribution in [2.24, 2.45) is 5.73 Å². The lowest BCUT2D eigenvalue weighted by atomic mass is 9.76. The van der Waals surface area contributed by atoms with Crippen molar-refractivity contribution in [3.05, 3.63) is 0 Å². The Kier molecular flexibility index (Phi) is 21.5. The van der Waals surface area contributed by atoms with Crippen molar-refractivity contribution in [1.82, 2.24) is 0 Å². The molecule has 0 aliphatic carbocycles. The highest BCUT2D eigenvalue weighted by Gasteiger charge is 2.67. The first-order valence-electron chi connectivity index (χ1n) is 24.3. The number of rotatable bonds is 20. The average molecular weight is 1070 g/mol. The third kappa shape index (κ3) is 12.8. The van der Waals surface area contributed by atoms with Gasteiger partial charge >= 0.3 is 5.97 Å². The van der Waals surface area contributed by atoms with Crippen LogP contribution < -0.4 is 5.73 Å². The number of hydrogen-bond donors (Lipinski definition) is 18. The first-order valence-corrected chi connectivity index (χ1v) is 24.3. The van der Waals surface area contributed by atoms with Crippen molar-refractivity contribution >= 4 is 5.97 Å². The summed E-state index contributed by atoms with van der Waals surface area (Å²) in [7, 11) is 0. The molecule has 30 nitrogen and oxygen atoms in total. The highest BCUT2D eigenvalue weighted by atomic mass is 16.8. The van der Waals surface area contributed by atoms with Gasteiger partial charge in [0.2, 0.25) is 0 Å². The number of aliphatic carboxylic acids is 1. The number of ether oxygens (including phenoxy) is 11. The fourth-order valence-corrected chi connectivity index (χ4v) is 9.69. The predicted octanol–water partition coefficient (Wildman–Crippen LogP) is -9.60. The smallest absolute Gasteiger partial charge is 0.335 e. The van der Waals surface area contributed by atoms with E-state index in [2.05, 4.69) is 0 Å². The molecule has 0 amide bonds. The van der Waals surface area contributed by atoms with Gasteiger partial charge in [-0.05, 0) is 40.2 Å². The van der Waals surface area contributed by atoms with Crippen LogP contribution in [-0.4, -0.2) is 303 Å². The number of nitrogens with two attached hydrogens (primary N) is 1. The summed E-state index contributed by atoms with van der Waals surface area (Å²) < 4.78 is 63.3. The molecule has 0 saturated carbocycles. The molecular weight excluding hydrogens is 994 g/mol. The molecule has 0 aromatic carbocycles. The van der Waals surface area contributed by atoms with Crippen LogP contribution in [0.2, 0.25) is 0 Å². The van der Waals surface area contributed by atoms with Crippen molar-refractivity contribution in [2.45, 2.75) is 236 Å². The van der Waals surface area contributed by atoms with E-state index in [0.29, 0.717) is 13.0 Å². The van der Waals surface area contributed by atoms with E-state index in [-0.39, 0.29) is 6.61 Å². The largest absolute Gasteiger partial charge is 0.479 e. The number of carbonyl (C=O) groups is 1. The summed E-state index contributed by atoms with van der Waals surface area (Å²) in [6.45, 7) is 2.50. The van der Waals surface area contributed by atoms with E-state index in [4.69, 9.17) is 57.8 Å². The van der Waals surface area contributed by atoms with Gasteiger partial charge in [-0.2, -0.15) is 0 Å². The van der Waals surface area contributed by atoms with Crippen molar-refractivity contribution in [3.8, 4) is 0 Å². The molecule has 6 rings (SSSR count). The van der Waals surface area contributed by atoms with E-state index < -0.39 is 203 Å². The fraction of sp³-hybridized carbons (Fsp3) is 0.977. The van der Waals surface area contributed by atoms with E-state index in [9.17, 15) is 91.6 Å². The molecule has 6 heterocycles. The second kappa shape index (κ2) is 25.9. The van der Waals surface area contributed by atoms with E-state index in [1.807, 2.05) is 0 Å². The van der Waals surface area contributed by atoms with Gasteiger partial charge in [0.05, 0.1) is 31.5 Å². The Hall–Kier alpha value is -1.65. The van der Waals surface area contributed by atoms with Gasteiger partial charge in [-0.25, -0.2) is 4.79 Å². The van der Waals surface area contributed by atoms with Crippen LogP contribution in [0.25, 0.3) is 0 Å². The molecule has 0 spiro atoms. The van der Waals surface area contributed by atoms with Crippen LogP contribution in [0.4, 0.5) is 0 Å². The Labute approximate surface area is 417 Å². The minimum Gasteiger partial charge on any atom is -0.479 e. The van der Waals surface area contributed by atoms with Gasteiger partial charge < -0.3 is 145 Å². The highest BCUT2D eigenvalue weighted by molar-refractivity contribution is 5.73. The van der Waals surface area contributed by atoms with Crippen molar-refractivity contribution in [1.29, 1.82) is 0 Å². The predicted molar refractivity (Wildman–Crippen MR) is 231 cm³/mol. The molecule has 6 aliphatic rings. The van der Waals surface area contributed by atoms with E-state index >= 15 is 0 Å². The van der Waals surface area contributed by atoms with Crippen molar-refractivity contribution < 1.29 is 144 Å². The van der Waals surface area contributed by atoms with Gasteiger partial charge in [-0.1, -0.05) is 19.3 Å². The van der Waals surface area contributed by atoms with Gasteiger partial charge in [0.1, 0.15) is 122 Å². The van der Waals surface area contributed by atoms with Gasteiger partial charge in [0.25, 0.3) is 0 Å². The molecule has 0 radical (unpaired) electrons. The normalized spacial score (nSPS) is 50.9. The van der Waals surface area contributed by atoms with Gasteiger partial charge in [-0.15, -0.1) is 0 Å². The summed E-state index contributed by atoms with van der Waals surface area (Å²) >= 11 is 0. The number of carboxylic acid groups (broad SMARTS) is 1. The summed E-state index contributed by atoms with van der Waals surface area (Å²) in [5, 5.41) is 188. The fourth-order valence-electron chi connectivity index (χ4n) is 9.69. The monoisotopic (exact) mass is 1070 g/mol. The van der Waals surface area contributed by atoms with Crippen molar-refractivity contribution in [2.75, 3.05) is 26.4 Å². The molecule has 0 aromatic rings. The minimum absolute atomic E-state index is 0.0723. The molecule has 426 valence electrons. The summed E-state index contributed by atoms with van der Waals surface area (Å²) in [4.78, 5) is 11.8. The second-order valence-electron chi connectivity index (χ2n) is 19.5. The Morgan fingerprint density at radius 2 is 1.04 bits per heavy atom. The lowest BCUT2D eigenvalue weighted by molar-refractivity contribution is -0.428. The number of hydrogen-bond acceptors (Lipinski definition) is 29. The Balaban J connectivity index is 1.32. The van der Waals surface area contributed by atoms with Gasteiger partial charge in [0.15, 0.2) is 43.2 Å². The second-order valence-corrected chi connectivity index (χ2v) is 19.5. The Morgan fingerprint density at radius 1 is 0.493 bits per heavy atom. The quantitative estimate of drug-likeness (QED) is 0.0504. The van der Waals surface area contributed by atoms with E-state index in [0.717, 1.165) is 25.7 Å². The molecular formula is C43H75NO29. The van der Waals surface area contributed by atoms with Crippen LogP contribution in [0.5, 0.6) is 0 Å².